The molecule has 0 saturated carbocycles. The third-order valence-electron chi connectivity index (χ3n) is 7.27. The van der Waals surface area contributed by atoms with Gasteiger partial charge in [0.1, 0.15) is 6.61 Å². The molecular weight excluding hydrogens is 514 g/mol. The van der Waals surface area contributed by atoms with Crippen LogP contribution in [0.25, 0.3) is 0 Å². The van der Waals surface area contributed by atoms with Gasteiger partial charge >= 0.3 is 11.9 Å². The molecule has 0 aliphatic carbocycles. The third kappa shape index (κ3) is 6.30. The fourth-order valence-corrected chi connectivity index (χ4v) is 6.08. The second-order valence-electron chi connectivity index (χ2n) is 10.2. The van der Waals surface area contributed by atoms with Crippen LogP contribution in [0, 0.1) is 5.92 Å². The largest absolute Gasteiger partial charge is 0.466 e. The molecule has 0 spiro atoms. The SMILES string of the molecule is C=CCOC(=O)C1=C(C)N=C2SC=C(CC(=O)N3CCC(C(=O)OCC)CC3)N2[C@H]1c1ccc(C(C)C)cc1. The molecule has 0 bridgehead atoms. The van der Waals surface area contributed by atoms with Gasteiger partial charge in [-0.25, -0.2) is 9.79 Å². The zero-order valence-corrected chi connectivity index (χ0v) is 24.0. The lowest BCUT2D eigenvalue weighted by atomic mass is 9.91. The standard InChI is InChI=1S/C30H37N3O5S/c1-6-16-38-29(36)26-20(5)31-30-33(27(26)22-10-8-21(9-11-22)19(3)4)24(18-39-30)17-25(34)32-14-12-23(13-15-32)28(35)37-7-2/h6,8-11,18-19,23,27H,1,7,12-17H2,2-5H3/t27-/m0/s1. The van der Waals surface area contributed by atoms with E-state index in [1.807, 2.05) is 34.3 Å². The third-order valence-corrected chi connectivity index (χ3v) is 8.16. The number of benzene rings is 1. The van der Waals surface area contributed by atoms with Crippen LogP contribution in [-0.2, 0) is 23.9 Å². The highest BCUT2D eigenvalue weighted by Gasteiger charge is 2.41. The monoisotopic (exact) mass is 551 g/mol. The Kier molecular flexibility index (Phi) is 9.32. The van der Waals surface area contributed by atoms with E-state index in [2.05, 4.69) is 32.6 Å². The molecule has 1 aromatic carbocycles. The van der Waals surface area contributed by atoms with E-state index in [0.29, 0.717) is 49.7 Å². The normalized spacial score (nSPS) is 19.5. The Morgan fingerprint density at radius 2 is 1.85 bits per heavy atom. The van der Waals surface area contributed by atoms with E-state index in [1.54, 1.807) is 13.0 Å². The number of nitrogens with zero attached hydrogens (tertiary/aromatic N) is 3. The van der Waals surface area contributed by atoms with Crippen molar-refractivity contribution in [1.82, 2.24) is 9.80 Å². The number of esters is 2. The summed E-state index contributed by atoms with van der Waals surface area (Å²) >= 11 is 1.45. The maximum Gasteiger partial charge on any atom is 0.338 e. The zero-order valence-electron chi connectivity index (χ0n) is 23.1. The van der Waals surface area contributed by atoms with Crippen LogP contribution < -0.4 is 0 Å². The first-order chi connectivity index (χ1) is 18.7. The van der Waals surface area contributed by atoms with Crippen molar-refractivity contribution in [3.05, 3.63) is 70.4 Å². The Morgan fingerprint density at radius 3 is 2.46 bits per heavy atom. The van der Waals surface area contributed by atoms with Gasteiger partial charge in [0.25, 0.3) is 0 Å². The Hall–Kier alpha value is -3.33. The quantitative estimate of drug-likeness (QED) is 0.304. The van der Waals surface area contributed by atoms with E-state index in [9.17, 15) is 14.4 Å². The van der Waals surface area contributed by atoms with Crippen molar-refractivity contribution in [2.75, 3.05) is 26.3 Å². The molecule has 1 fully saturated rings. The Bertz CT molecular complexity index is 1210. The van der Waals surface area contributed by atoms with Crippen molar-refractivity contribution < 1.29 is 23.9 Å². The van der Waals surface area contributed by atoms with Gasteiger partial charge in [-0.3, -0.25) is 9.59 Å². The van der Waals surface area contributed by atoms with Crippen molar-refractivity contribution >= 4 is 34.8 Å². The fraction of sp³-hybridized carbons (Fsp3) is 0.467. The van der Waals surface area contributed by atoms with Crippen LogP contribution in [0.15, 0.2) is 64.3 Å². The molecule has 1 atom stereocenters. The summed E-state index contributed by atoms with van der Waals surface area (Å²) in [5, 5.41) is 2.68. The molecule has 8 nitrogen and oxygen atoms in total. The molecule has 0 unspecified atom stereocenters. The molecule has 0 radical (unpaired) electrons. The number of hydrogen-bond acceptors (Lipinski definition) is 8. The molecule has 0 N–H and O–H groups in total. The molecule has 1 saturated heterocycles. The smallest absolute Gasteiger partial charge is 0.338 e. The van der Waals surface area contributed by atoms with Gasteiger partial charge in [0.05, 0.1) is 36.3 Å². The predicted octanol–water partition coefficient (Wildman–Crippen LogP) is 5.31. The highest BCUT2D eigenvalue weighted by atomic mass is 32.2. The summed E-state index contributed by atoms with van der Waals surface area (Å²) in [4.78, 5) is 47.3. The summed E-state index contributed by atoms with van der Waals surface area (Å²) in [5.74, 6) is -0.428. The van der Waals surface area contributed by atoms with Crippen molar-refractivity contribution in [3.63, 3.8) is 0 Å². The van der Waals surface area contributed by atoms with Crippen LogP contribution in [0.4, 0.5) is 0 Å². The van der Waals surface area contributed by atoms with E-state index >= 15 is 0 Å². The van der Waals surface area contributed by atoms with Crippen LogP contribution in [-0.4, -0.2) is 59.1 Å². The first kappa shape index (κ1) is 28.7. The molecule has 1 aromatic rings. The van der Waals surface area contributed by atoms with Gasteiger partial charge in [-0.05, 0) is 49.1 Å². The molecule has 1 amide bonds. The Balaban J connectivity index is 1.57. The van der Waals surface area contributed by atoms with Crippen LogP contribution in [0.3, 0.4) is 0 Å². The van der Waals surface area contributed by atoms with Gasteiger partial charge in [0, 0.05) is 18.8 Å². The van der Waals surface area contributed by atoms with Gasteiger partial charge in [-0.15, -0.1) is 0 Å². The molecule has 3 heterocycles. The van der Waals surface area contributed by atoms with Gasteiger partial charge in [0.2, 0.25) is 5.91 Å². The number of carbonyl (C=O) groups excluding carboxylic acids is 3. The average Bonchev–Trinajstić information content (AvgIpc) is 3.32. The van der Waals surface area contributed by atoms with Gasteiger partial charge in [-0.2, -0.15) is 0 Å². The first-order valence-corrected chi connectivity index (χ1v) is 14.4. The number of fused-ring (bicyclic) bond motifs is 1. The minimum Gasteiger partial charge on any atom is -0.466 e. The second kappa shape index (κ2) is 12.7. The fourth-order valence-electron chi connectivity index (χ4n) is 5.11. The molecule has 9 heteroatoms. The number of likely N-dealkylation sites (tertiary alicyclic amines) is 1. The van der Waals surface area contributed by atoms with Crippen LogP contribution in [0.1, 0.15) is 70.0 Å². The molecule has 0 aromatic heterocycles. The molecule has 3 aliphatic rings. The number of hydrogen-bond donors (Lipinski definition) is 0. The summed E-state index contributed by atoms with van der Waals surface area (Å²) < 4.78 is 10.6. The summed E-state index contributed by atoms with van der Waals surface area (Å²) in [5.41, 5.74) is 3.97. The summed E-state index contributed by atoms with van der Waals surface area (Å²) in [6, 6.07) is 7.77. The van der Waals surface area contributed by atoms with Crippen LogP contribution >= 0.6 is 11.8 Å². The maximum atomic E-state index is 13.4. The molecular formula is C30H37N3O5S. The van der Waals surface area contributed by atoms with E-state index in [0.717, 1.165) is 16.4 Å². The van der Waals surface area contributed by atoms with E-state index < -0.39 is 12.0 Å². The number of allylic oxidation sites excluding steroid dienone is 1. The summed E-state index contributed by atoms with van der Waals surface area (Å²) in [7, 11) is 0. The number of rotatable bonds is 9. The average molecular weight is 552 g/mol. The minimum atomic E-state index is -0.473. The highest BCUT2D eigenvalue weighted by Crippen LogP contribution is 2.45. The van der Waals surface area contributed by atoms with Crippen molar-refractivity contribution in [2.24, 2.45) is 10.9 Å². The lowest BCUT2D eigenvalue weighted by Crippen LogP contribution is -2.42. The minimum absolute atomic E-state index is 0.0126. The lowest BCUT2D eigenvalue weighted by Gasteiger charge is -2.37. The van der Waals surface area contributed by atoms with Gasteiger partial charge in [-0.1, -0.05) is 62.5 Å². The maximum absolute atomic E-state index is 13.4. The van der Waals surface area contributed by atoms with Gasteiger partial charge < -0.3 is 19.3 Å². The zero-order chi connectivity index (χ0) is 28.1. The molecule has 39 heavy (non-hydrogen) atoms. The topological polar surface area (TPSA) is 88.5 Å². The number of carbonyl (C=O) groups is 3. The van der Waals surface area contributed by atoms with E-state index in [4.69, 9.17) is 14.5 Å². The number of aliphatic imine (C=N–C) groups is 1. The number of piperidine rings is 1. The number of amides is 1. The number of thioether (sulfide) groups is 1. The Labute approximate surface area is 234 Å². The summed E-state index contributed by atoms with van der Waals surface area (Å²) in [6.07, 6.45) is 2.91. The summed E-state index contributed by atoms with van der Waals surface area (Å²) in [6.45, 7) is 13.1. The lowest BCUT2D eigenvalue weighted by molar-refractivity contribution is -0.151. The predicted molar refractivity (Wildman–Crippen MR) is 153 cm³/mol. The molecule has 3 aliphatic heterocycles. The second-order valence-corrected chi connectivity index (χ2v) is 11.0. The first-order valence-electron chi connectivity index (χ1n) is 13.5. The molecule has 208 valence electrons. The van der Waals surface area contributed by atoms with Crippen molar-refractivity contribution in [2.45, 2.75) is 58.9 Å². The Morgan fingerprint density at radius 1 is 1.15 bits per heavy atom. The number of amidine groups is 1. The van der Waals surface area contributed by atoms with E-state index in [-0.39, 0.29) is 30.8 Å². The number of ether oxygens (including phenoxy) is 2. The van der Waals surface area contributed by atoms with Crippen LogP contribution in [0.5, 0.6) is 0 Å². The van der Waals surface area contributed by atoms with Crippen molar-refractivity contribution in [1.29, 1.82) is 0 Å². The van der Waals surface area contributed by atoms with E-state index in [1.165, 1.54) is 17.3 Å². The van der Waals surface area contributed by atoms with Crippen molar-refractivity contribution in [3.8, 4) is 0 Å². The van der Waals surface area contributed by atoms with Gasteiger partial charge in [0.15, 0.2) is 5.17 Å². The highest BCUT2D eigenvalue weighted by molar-refractivity contribution is 8.16. The molecule has 4 rings (SSSR count). The van der Waals surface area contributed by atoms with Crippen LogP contribution in [0.2, 0.25) is 0 Å².